The molecular weight excluding hydrogens is 216 g/mol. The summed E-state index contributed by atoms with van der Waals surface area (Å²) in [6, 6.07) is 5.55. The van der Waals surface area contributed by atoms with Crippen molar-refractivity contribution in [2.24, 2.45) is 0 Å². The minimum Gasteiger partial charge on any atom is -0.344 e. The molecular formula is C12H14N4O. The van der Waals surface area contributed by atoms with E-state index in [1.165, 1.54) is 0 Å². The van der Waals surface area contributed by atoms with Gasteiger partial charge >= 0.3 is 0 Å². The van der Waals surface area contributed by atoms with Crippen LogP contribution in [0.2, 0.25) is 0 Å². The molecule has 0 aliphatic carbocycles. The van der Waals surface area contributed by atoms with Crippen molar-refractivity contribution in [3.63, 3.8) is 0 Å². The SMILES string of the molecule is CN1CCC(NCc2cccnc2C#N)C1=O. The molecule has 1 unspecified atom stereocenters. The Labute approximate surface area is 100 Å². The normalized spacial score (nSPS) is 19.4. The number of nitrogens with one attached hydrogen (secondary N) is 1. The number of rotatable bonds is 3. The summed E-state index contributed by atoms with van der Waals surface area (Å²) in [6.45, 7) is 1.29. The molecule has 1 aliphatic heterocycles. The molecule has 1 fully saturated rings. The lowest BCUT2D eigenvalue weighted by atomic mass is 10.2. The minimum atomic E-state index is -0.133. The van der Waals surface area contributed by atoms with Gasteiger partial charge < -0.3 is 10.2 Å². The van der Waals surface area contributed by atoms with Gasteiger partial charge in [0.2, 0.25) is 5.91 Å². The molecule has 1 aromatic rings. The molecule has 0 bridgehead atoms. The van der Waals surface area contributed by atoms with Gasteiger partial charge in [0.1, 0.15) is 11.8 Å². The van der Waals surface area contributed by atoms with Gasteiger partial charge in [0.05, 0.1) is 6.04 Å². The zero-order valence-electron chi connectivity index (χ0n) is 9.68. The first kappa shape index (κ1) is 11.6. The lowest BCUT2D eigenvalue weighted by molar-refractivity contribution is -0.128. The first-order chi connectivity index (χ1) is 8.22. The van der Waals surface area contributed by atoms with Crippen LogP contribution in [0.1, 0.15) is 17.7 Å². The second-order valence-corrected chi connectivity index (χ2v) is 4.10. The summed E-state index contributed by atoms with van der Waals surface area (Å²) in [6.07, 6.45) is 2.41. The first-order valence-electron chi connectivity index (χ1n) is 5.54. The molecule has 2 rings (SSSR count). The summed E-state index contributed by atoms with van der Waals surface area (Å²) in [4.78, 5) is 17.4. The maximum atomic E-state index is 11.7. The number of nitrogens with zero attached hydrogens (tertiary/aromatic N) is 3. The van der Waals surface area contributed by atoms with Crippen LogP contribution in [0.5, 0.6) is 0 Å². The third-order valence-corrected chi connectivity index (χ3v) is 2.96. The molecule has 1 N–H and O–H groups in total. The van der Waals surface area contributed by atoms with Crippen LogP contribution in [-0.4, -0.2) is 35.4 Å². The van der Waals surface area contributed by atoms with Crippen molar-refractivity contribution in [2.45, 2.75) is 19.0 Å². The van der Waals surface area contributed by atoms with Crippen LogP contribution in [0.15, 0.2) is 18.3 Å². The van der Waals surface area contributed by atoms with Crippen molar-refractivity contribution in [1.82, 2.24) is 15.2 Å². The molecule has 0 radical (unpaired) electrons. The fourth-order valence-corrected chi connectivity index (χ4v) is 1.93. The maximum Gasteiger partial charge on any atom is 0.239 e. The number of carbonyl (C=O) groups excluding carboxylic acids is 1. The van der Waals surface area contributed by atoms with E-state index in [0.29, 0.717) is 12.2 Å². The van der Waals surface area contributed by atoms with E-state index in [1.807, 2.05) is 12.1 Å². The first-order valence-corrected chi connectivity index (χ1v) is 5.54. The van der Waals surface area contributed by atoms with E-state index in [4.69, 9.17) is 5.26 Å². The van der Waals surface area contributed by atoms with Crippen molar-refractivity contribution in [1.29, 1.82) is 5.26 Å². The highest BCUT2D eigenvalue weighted by Gasteiger charge is 2.28. The lowest BCUT2D eigenvalue weighted by Gasteiger charge is -2.12. The largest absolute Gasteiger partial charge is 0.344 e. The third-order valence-electron chi connectivity index (χ3n) is 2.96. The smallest absolute Gasteiger partial charge is 0.239 e. The van der Waals surface area contributed by atoms with Crippen LogP contribution < -0.4 is 5.32 Å². The summed E-state index contributed by atoms with van der Waals surface area (Å²) in [5, 5.41) is 12.1. The van der Waals surface area contributed by atoms with Crippen molar-refractivity contribution in [3.8, 4) is 6.07 Å². The van der Waals surface area contributed by atoms with Gasteiger partial charge in [-0.15, -0.1) is 0 Å². The van der Waals surface area contributed by atoms with Gasteiger partial charge in [-0.2, -0.15) is 5.26 Å². The van der Waals surface area contributed by atoms with Gasteiger partial charge in [0, 0.05) is 31.9 Å². The zero-order valence-corrected chi connectivity index (χ0v) is 9.68. The molecule has 0 saturated carbocycles. The van der Waals surface area contributed by atoms with Crippen LogP contribution in [0.3, 0.4) is 0 Å². The summed E-state index contributed by atoms with van der Waals surface area (Å²) >= 11 is 0. The second kappa shape index (κ2) is 4.93. The Bertz CT molecular complexity index is 466. The van der Waals surface area contributed by atoms with Gasteiger partial charge in [-0.3, -0.25) is 4.79 Å². The Balaban J connectivity index is 1.99. The Hall–Kier alpha value is -1.93. The zero-order chi connectivity index (χ0) is 12.3. The van der Waals surface area contributed by atoms with E-state index >= 15 is 0 Å². The Morgan fingerprint density at radius 3 is 3.18 bits per heavy atom. The highest BCUT2D eigenvalue weighted by molar-refractivity contribution is 5.83. The van der Waals surface area contributed by atoms with Crippen LogP contribution in [0.4, 0.5) is 0 Å². The highest BCUT2D eigenvalue weighted by Crippen LogP contribution is 2.10. The molecule has 1 atom stereocenters. The molecule has 88 valence electrons. The predicted molar refractivity (Wildman–Crippen MR) is 61.8 cm³/mol. The van der Waals surface area contributed by atoms with E-state index in [9.17, 15) is 4.79 Å². The highest BCUT2D eigenvalue weighted by atomic mass is 16.2. The van der Waals surface area contributed by atoms with Crippen LogP contribution >= 0.6 is 0 Å². The topological polar surface area (TPSA) is 69.0 Å². The maximum absolute atomic E-state index is 11.7. The molecule has 2 heterocycles. The summed E-state index contributed by atoms with van der Waals surface area (Å²) in [5.74, 6) is 0.118. The van der Waals surface area contributed by atoms with Crippen molar-refractivity contribution in [3.05, 3.63) is 29.6 Å². The van der Waals surface area contributed by atoms with Gasteiger partial charge in [-0.05, 0) is 12.5 Å². The Morgan fingerprint density at radius 1 is 1.71 bits per heavy atom. The predicted octanol–water partition coefficient (Wildman–Crippen LogP) is 0.274. The minimum absolute atomic E-state index is 0.118. The molecule has 1 aromatic heterocycles. The molecule has 1 amide bonds. The monoisotopic (exact) mass is 230 g/mol. The van der Waals surface area contributed by atoms with Gasteiger partial charge in [0.15, 0.2) is 0 Å². The molecule has 17 heavy (non-hydrogen) atoms. The average molecular weight is 230 g/mol. The fourth-order valence-electron chi connectivity index (χ4n) is 1.93. The van der Waals surface area contributed by atoms with E-state index in [2.05, 4.69) is 10.3 Å². The van der Waals surface area contributed by atoms with E-state index in [0.717, 1.165) is 18.5 Å². The summed E-state index contributed by atoms with van der Waals surface area (Å²) in [7, 11) is 1.80. The van der Waals surface area contributed by atoms with Crippen molar-refractivity contribution < 1.29 is 4.79 Å². The number of amides is 1. The van der Waals surface area contributed by atoms with E-state index in [1.54, 1.807) is 24.2 Å². The Morgan fingerprint density at radius 2 is 2.53 bits per heavy atom. The van der Waals surface area contributed by atoms with Crippen molar-refractivity contribution >= 4 is 5.91 Å². The average Bonchev–Trinajstić information content (AvgIpc) is 2.68. The molecule has 0 spiro atoms. The van der Waals surface area contributed by atoms with Crippen LogP contribution in [0, 0.1) is 11.3 Å². The number of hydrogen-bond donors (Lipinski definition) is 1. The second-order valence-electron chi connectivity index (χ2n) is 4.10. The molecule has 5 heteroatoms. The molecule has 0 aromatic carbocycles. The van der Waals surface area contributed by atoms with Gasteiger partial charge in [-0.25, -0.2) is 4.98 Å². The number of nitriles is 1. The number of pyridine rings is 1. The number of aromatic nitrogens is 1. The summed E-state index contributed by atoms with van der Waals surface area (Å²) in [5.41, 5.74) is 1.25. The van der Waals surface area contributed by atoms with E-state index in [-0.39, 0.29) is 11.9 Å². The Kier molecular flexibility index (Phi) is 3.35. The van der Waals surface area contributed by atoms with Crippen LogP contribution in [-0.2, 0) is 11.3 Å². The lowest BCUT2D eigenvalue weighted by Crippen LogP contribution is -2.36. The number of likely N-dealkylation sites (tertiary alicyclic amines) is 1. The summed E-state index contributed by atoms with van der Waals surface area (Å²) < 4.78 is 0. The van der Waals surface area contributed by atoms with Gasteiger partial charge in [0.25, 0.3) is 0 Å². The molecule has 1 saturated heterocycles. The van der Waals surface area contributed by atoms with Gasteiger partial charge in [-0.1, -0.05) is 6.07 Å². The third kappa shape index (κ3) is 2.43. The number of likely N-dealkylation sites (N-methyl/N-ethyl adjacent to an activating group) is 1. The fraction of sp³-hybridized carbons (Fsp3) is 0.417. The number of hydrogen-bond acceptors (Lipinski definition) is 4. The molecule has 1 aliphatic rings. The van der Waals surface area contributed by atoms with E-state index < -0.39 is 0 Å². The van der Waals surface area contributed by atoms with Crippen LogP contribution in [0.25, 0.3) is 0 Å². The van der Waals surface area contributed by atoms with Crippen molar-refractivity contribution in [2.75, 3.05) is 13.6 Å². The quantitative estimate of drug-likeness (QED) is 0.809. The number of carbonyl (C=O) groups is 1. The molecule has 5 nitrogen and oxygen atoms in total. The standard InChI is InChI=1S/C12H14N4O/c1-16-6-4-10(12(16)17)15-8-9-3-2-5-14-11(9)7-13/h2-3,5,10,15H,4,6,8H2,1H3.